The number of carbonyl (C=O) groups excluding carboxylic acids is 2. The van der Waals surface area contributed by atoms with Crippen LogP contribution in [0.15, 0.2) is 40.9 Å². The molecule has 0 bridgehead atoms. The van der Waals surface area contributed by atoms with Crippen LogP contribution in [0.4, 0.5) is 11.4 Å². The van der Waals surface area contributed by atoms with Crippen LogP contribution in [0.3, 0.4) is 0 Å². The maximum atomic E-state index is 12.4. The fraction of sp³-hybridized carbons (Fsp3) is 0.105. The molecule has 0 radical (unpaired) electrons. The summed E-state index contributed by atoms with van der Waals surface area (Å²) in [5.74, 6) is -0.920. The summed E-state index contributed by atoms with van der Waals surface area (Å²) in [5.41, 5.74) is 7.41. The molecule has 1 heterocycles. The van der Waals surface area contributed by atoms with E-state index in [0.29, 0.717) is 32.0 Å². The third kappa shape index (κ3) is 3.92. The predicted octanol–water partition coefficient (Wildman–Crippen LogP) is 4.85. The summed E-state index contributed by atoms with van der Waals surface area (Å²) >= 11 is 16.0. The summed E-state index contributed by atoms with van der Waals surface area (Å²) in [6, 6.07) is 10.1. The average molecular weight is 482 g/mol. The summed E-state index contributed by atoms with van der Waals surface area (Å²) in [7, 11) is 3.26. The van der Waals surface area contributed by atoms with Gasteiger partial charge in [0.15, 0.2) is 0 Å². The van der Waals surface area contributed by atoms with Gasteiger partial charge in [-0.05, 0) is 40.2 Å². The van der Waals surface area contributed by atoms with E-state index in [-0.39, 0.29) is 16.6 Å². The lowest BCUT2D eigenvalue weighted by molar-refractivity contribution is 0.0827. The first-order valence-electron chi connectivity index (χ1n) is 8.06. The van der Waals surface area contributed by atoms with E-state index in [4.69, 9.17) is 28.9 Å². The zero-order chi connectivity index (χ0) is 20.6. The first-order chi connectivity index (χ1) is 13.2. The van der Waals surface area contributed by atoms with Crippen molar-refractivity contribution in [3.05, 3.63) is 62.2 Å². The van der Waals surface area contributed by atoms with E-state index in [0.717, 1.165) is 5.39 Å². The highest BCUT2D eigenvalue weighted by Gasteiger charge is 2.17. The number of nitrogens with zero attached hydrogens (tertiary/aromatic N) is 2. The van der Waals surface area contributed by atoms with E-state index < -0.39 is 5.91 Å². The van der Waals surface area contributed by atoms with Crippen molar-refractivity contribution in [1.29, 1.82) is 0 Å². The monoisotopic (exact) mass is 480 g/mol. The van der Waals surface area contributed by atoms with Gasteiger partial charge in [-0.3, -0.25) is 9.59 Å². The predicted molar refractivity (Wildman–Crippen MR) is 116 cm³/mol. The van der Waals surface area contributed by atoms with Crippen molar-refractivity contribution in [2.45, 2.75) is 0 Å². The molecule has 0 saturated heterocycles. The Hall–Kier alpha value is -2.35. The third-order valence-corrected chi connectivity index (χ3v) is 5.27. The van der Waals surface area contributed by atoms with E-state index in [1.54, 1.807) is 20.2 Å². The topological polar surface area (TPSA) is 88.3 Å². The molecule has 9 heteroatoms. The Labute approximate surface area is 179 Å². The SMILES string of the molecule is CN(C)C(=O)c1cc(Nc2cc(C(N)=O)nc3c(Br)cccc23)c(Cl)cc1Cl. The Balaban J connectivity index is 2.17. The van der Waals surface area contributed by atoms with Gasteiger partial charge in [0.1, 0.15) is 5.69 Å². The molecule has 1 aromatic heterocycles. The first-order valence-corrected chi connectivity index (χ1v) is 9.60. The van der Waals surface area contributed by atoms with Crippen LogP contribution < -0.4 is 11.1 Å². The van der Waals surface area contributed by atoms with Gasteiger partial charge in [0.2, 0.25) is 0 Å². The number of hydrogen-bond acceptors (Lipinski definition) is 4. The first kappa shape index (κ1) is 20.4. The average Bonchev–Trinajstić information content (AvgIpc) is 2.63. The highest BCUT2D eigenvalue weighted by Crippen LogP contribution is 2.35. The Morgan fingerprint density at radius 1 is 1.11 bits per heavy atom. The zero-order valence-corrected chi connectivity index (χ0v) is 18.0. The van der Waals surface area contributed by atoms with Crippen molar-refractivity contribution < 1.29 is 9.59 Å². The molecule has 0 aliphatic heterocycles. The Morgan fingerprint density at radius 2 is 1.82 bits per heavy atom. The Kier molecular flexibility index (Phi) is 5.79. The van der Waals surface area contributed by atoms with E-state index in [9.17, 15) is 9.59 Å². The lowest BCUT2D eigenvalue weighted by atomic mass is 10.1. The van der Waals surface area contributed by atoms with Crippen LogP contribution in [0.1, 0.15) is 20.8 Å². The van der Waals surface area contributed by atoms with Gasteiger partial charge in [0, 0.05) is 24.0 Å². The number of aromatic nitrogens is 1. The molecule has 0 atom stereocenters. The molecule has 3 N–H and O–H groups in total. The van der Waals surface area contributed by atoms with Crippen molar-refractivity contribution in [2.75, 3.05) is 19.4 Å². The quantitative estimate of drug-likeness (QED) is 0.557. The number of fused-ring (bicyclic) bond motifs is 1. The zero-order valence-electron chi connectivity index (χ0n) is 14.9. The van der Waals surface area contributed by atoms with Crippen LogP contribution in [0.5, 0.6) is 0 Å². The van der Waals surface area contributed by atoms with Crippen LogP contribution in [-0.4, -0.2) is 35.8 Å². The van der Waals surface area contributed by atoms with E-state index >= 15 is 0 Å². The molecule has 0 aliphatic rings. The van der Waals surface area contributed by atoms with Gasteiger partial charge in [-0.2, -0.15) is 0 Å². The molecule has 6 nitrogen and oxygen atoms in total. The fourth-order valence-electron chi connectivity index (χ4n) is 2.64. The number of hydrogen-bond donors (Lipinski definition) is 2. The number of rotatable bonds is 4. The molecular formula is C19H15BrCl2N4O2. The molecule has 0 spiro atoms. The number of nitrogens with two attached hydrogens (primary N) is 1. The molecule has 0 saturated carbocycles. The van der Waals surface area contributed by atoms with Crippen molar-refractivity contribution in [1.82, 2.24) is 9.88 Å². The Bertz CT molecular complexity index is 1120. The van der Waals surface area contributed by atoms with Gasteiger partial charge in [-0.25, -0.2) is 4.98 Å². The minimum Gasteiger partial charge on any atom is -0.364 e. The number of para-hydroxylation sites is 1. The number of pyridine rings is 1. The second kappa shape index (κ2) is 7.95. The maximum absolute atomic E-state index is 12.4. The second-order valence-corrected chi connectivity index (χ2v) is 7.86. The lowest BCUT2D eigenvalue weighted by Gasteiger charge is -2.16. The highest BCUT2D eigenvalue weighted by molar-refractivity contribution is 9.10. The number of benzene rings is 2. The van der Waals surface area contributed by atoms with E-state index in [1.807, 2.05) is 18.2 Å². The van der Waals surface area contributed by atoms with Gasteiger partial charge < -0.3 is 16.0 Å². The highest BCUT2D eigenvalue weighted by atomic mass is 79.9. The second-order valence-electron chi connectivity index (χ2n) is 6.19. The molecule has 2 aromatic carbocycles. The fourth-order valence-corrected chi connectivity index (χ4v) is 3.60. The summed E-state index contributed by atoms with van der Waals surface area (Å²) in [4.78, 5) is 29.8. The minimum absolute atomic E-state index is 0.0941. The van der Waals surface area contributed by atoms with Gasteiger partial charge in [-0.1, -0.05) is 35.3 Å². The summed E-state index contributed by atoms with van der Waals surface area (Å²) < 4.78 is 0.710. The van der Waals surface area contributed by atoms with E-state index in [2.05, 4.69) is 26.2 Å². The summed E-state index contributed by atoms with van der Waals surface area (Å²) in [6.45, 7) is 0. The Morgan fingerprint density at radius 3 is 2.46 bits per heavy atom. The van der Waals surface area contributed by atoms with E-state index in [1.165, 1.54) is 17.0 Å². The lowest BCUT2D eigenvalue weighted by Crippen LogP contribution is -2.22. The molecule has 3 rings (SSSR count). The van der Waals surface area contributed by atoms with Gasteiger partial charge in [0.05, 0.1) is 32.5 Å². The maximum Gasteiger partial charge on any atom is 0.267 e. The largest absolute Gasteiger partial charge is 0.364 e. The van der Waals surface area contributed by atoms with Crippen LogP contribution in [0, 0.1) is 0 Å². The summed E-state index contributed by atoms with van der Waals surface area (Å²) in [6.07, 6.45) is 0. The number of amides is 2. The molecule has 0 unspecified atom stereocenters. The molecule has 2 amide bonds. The van der Waals surface area contributed by atoms with Crippen LogP contribution in [0.2, 0.25) is 10.0 Å². The smallest absolute Gasteiger partial charge is 0.267 e. The van der Waals surface area contributed by atoms with Crippen molar-refractivity contribution in [3.8, 4) is 0 Å². The molecule has 0 aliphatic carbocycles. The van der Waals surface area contributed by atoms with Crippen molar-refractivity contribution in [3.63, 3.8) is 0 Å². The van der Waals surface area contributed by atoms with Crippen LogP contribution >= 0.6 is 39.1 Å². The number of halogens is 3. The van der Waals surface area contributed by atoms with Crippen molar-refractivity contribution >= 4 is 73.2 Å². The van der Waals surface area contributed by atoms with Gasteiger partial charge in [0.25, 0.3) is 11.8 Å². The molecule has 144 valence electrons. The number of nitrogens with one attached hydrogen (secondary N) is 1. The van der Waals surface area contributed by atoms with Gasteiger partial charge in [-0.15, -0.1) is 0 Å². The number of carbonyl (C=O) groups is 2. The van der Waals surface area contributed by atoms with Crippen LogP contribution in [-0.2, 0) is 0 Å². The third-order valence-electron chi connectivity index (χ3n) is 4.01. The number of anilines is 2. The normalized spacial score (nSPS) is 10.8. The van der Waals surface area contributed by atoms with Crippen LogP contribution in [0.25, 0.3) is 10.9 Å². The number of primary amides is 1. The molecule has 3 aromatic rings. The summed E-state index contributed by atoms with van der Waals surface area (Å²) in [5, 5.41) is 4.48. The standard InChI is InChI=1S/C19H15BrCl2N4O2/c1-26(2)19(28)10-6-15(13(22)7-12(10)21)24-14-8-16(18(23)27)25-17-9(14)4-3-5-11(17)20/h3-8H,1-2H3,(H2,23,27)(H,24,25). The molecule has 0 fully saturated rings. The minimum atomic E-state index is -0.661. The molecule has 28 heavy (non-hydrogen) atoms. The molecular weight excluding hydrogens is 467 g/mol. The van der Waals surface area contributed by atoms with Crippen molar-refractivity contribution in [2.24, 2.45) is 5.73 Å². The van der Waals surface area contributed by atoms with Gasteiger partial charge >= 0.3 is 0 Å².